The summed E-state index contributed by atoms with van der Waals surface area (Å²) in [5.41, 5.74) is 9.08. The van der Waals surface area contributed by atoms with Gasteiger partial charge < -0.3 is 31.2 Å². The van der Waals surface area contributed by atoms with Crippen LogP contribution in [0.2, 0.25) is 0 Å². The molecular weight excluding hydrogens is 184 g/mol. The molecule has 76 valence electrons. The zero-order valence-corrected chi connectivity index (χ0v) is 6.60. The molecule has 0 bridgehead atoms. The molecule has 6 N–H and O–H groups in total. The van der Waals surface area contributed by atoms with Gasteiger partial charge in [0.25, 0.3) is 0 Å². The van der Waals surface area contributed by atoms with Crippen molar-refractivity contribution < 1.29 is 29.3 Å². The maximum absolute atomic E-state index is 10.0. The number of amides is 2. The van der Waals surface area contributed by atoms with Gasteiger partial charge in [0.15, 0.2) is 13.2 Å². The molecule has 0 aromatic heterocycles. The van der Waals surface area contributed by atoms with Crippen LogP contribution in [0, 0.1) is 0 Å². The van der Waals surface area contributed by atoms with Gasteiger partial charge in [-0.3, -0.25) is 0 Å². The quantitative estimate of drug-likeness (QED) is 0.375. The highest BCUT2D eigenvalue weighted by molar-refractivity contribution is 5.65. The van der Waals surface area contributed by atoms with Gasteiger partial charge in [-0.15, -0.1) is 0 Å². The van der Waals surface area contributed by atoms with Crippen molar-refractivity contribution in [3.63, 3.8) is 0 Å². The Kier molecular flexibility index (Phi) is 3.95. The smallest absolute Gasteiger partial charge is 0.404 e. The van der Waals surface area contributed by atoms with Crippen molar-refractivity contribution >= 4 is 12.2 Å². The van der Waals surface area contributed by atoms with Gasteiger partial charge in [-0.2, -0.15) is 0 Å². The van der Waals surface area contributed by atoms with Gasteiger partial charge in [0.05, 0.1) is 0 Å². The molecule has 0 spiro atoms. The Labute approximate surface area is 73.0 Å². The Balaban J connectivity index is 3.79. The first-order valence-corrected chi connectivity index (χ1v) is 3.13. The normalized spacial score (nSPS) is 10.6. The first-order valence-electron chi connectivity index (χ1n) is 3.13. The zero-order valence-electron chi connectivity index (χ0n) is 6.60. The average Bonchev–Trinajstić information content (AvgIpc) is 1.98. The maximum Gasteiger partial charge on any atom is 0.404 e. The monoisotopic (exact) mass is 194 g/mol. The van der Waals surface area contributed by atoms with Crippen LogP contribution in [-0.2, 0) is 9.47 Å². The summed E-state index contributed by atoms with van der Waals surface area (Å²) in [6.07, 6.45) is -2.35. The highest BCUT2D eigenvalue weighted by Crippen LogP contribution is 2.00. The minimum absolute atomic E-state index is 0.810. The fraction of sp³-hybridized carbons (Fsp3) is 0.600. The lowest BCUT2D eigenvalue weighted by atomic mass is 10.3. The Hall–Kier alpha value is -1.54. The second kappa shape index (κ2) is 4.48. The summed E-state index contributed by atoms with van der Waals surface area (Å²) in [7, 11) is 0. The SMILES string of the molecule is NC(=O)OCC(O)(O)COC(N)=O. The van der Waals surface area contributed by atoms with Gasteiger partial charge >= 0.3 is 12.2 Å². The molecule has 0 aromatic rings. The van der Waals surface area contributed by atoms with Crippen LogP contribution in [0.3, 0.4) is 0 Å². The number of ether oxygens (including phenoxy) is 2. The van der Waals surface area contributed by atoms with Gasteiger partial charge in [0.2, 0.25) is 5.79 Å². The minimum Gasteiger partial charge on any atom is -0.444 e. The minimum atomic E-state index is -2.48. The number of rotatable bonds is 4. The number of carbonyl (C=O) groups is 2. The lowest BCUT2D eigenvalue weighted by Crippen LogP contribution is -2.42. The van der Waals surface area contributed by atoms with Crippen LogP contribution >= 0.6 is 0 Å². The van der Waals surface area contributed by atoms with Crippen LogP contribution < -0.4 is 11.5 Å². The van der Waals surface area contributed by atoms with E-state index in [0.717, 1.165) is 0 Å². The summed E-state index contributed by atoms with van der Waals surface area (Å²) in [5, 5.41) is 17.8. The lowest BCUT2D eigenvalue weighted by Gasteiger charge is -2.19. The second-order valence-corrected chi connectivity index (χ2v) is 2.20. The zero-order chi connectivity index (χ0) is 10.5. The van der Waals surface area contributed by atoms with Crippen molar-refractivity contribution in [1.82, 2.24) is 0 Å². The van der Waals surface area contributed by atoms with Gasteiger partial charge in [-0.05, 0) is 0 Å². The number of aliphatic hydroxyl groups is 2. The summed E-state index contributed by atoms with van der Waals surface area (Å²) in [6, 6.07) is 0. The van der Waals surface area contributed by atoms with Crippen molar-refractivity contribution in [2.45, 2.75) is 5.79 Å². The number of hydrogen-bond donors (Lipinski definition) is 4. The highest BCUT2D eigenvalue weighted by atomic mass is 16.6. The molecule has 0 saturated carbocycles. The van der Waals surface area contributed by atoms with Gasteiger partial charge in [-0.1, -0.05) is 0 Å². The van der Waals surface area contributed by atoms with Crippen molar-refractivity contribution in [1.29, 1.82) is 0 Å². The van der Waals surface area contributed by atoms with E-state index in [0.29, 0.717) is 0 Å². The Bertz CT molecular complexity index is 183. The van der Waals surface area contributed by atoms with Crippen LogP contribution in [0.1, 0.15) is 0 Å². The molecule has 0 heterocycles. The van der Waals surface area contributed by atoms with Gasteiger partial charge in [0.1, 0.15) is 0 Å². The van der Waals surface area contributed by atoms with Crippen molar-refractivity contribution in [3.05, 3.63) is 0 Å². The number of hydrogen-bond acceptors (Lipinski definition) is 6. The summed E-state index contributed by atoms with van der Waals surface area (Å²) in [5.74, 6) is -2.48. The first-order chi connectivity index (χ1) is 5.83. The van der Waals surface area contributed by atoms with E-state index in [1.54, 1.807) is 0 Å². The predicted molar refractivity (Wildman–Crippen MR) is 38.2 cm³/mol. The summed E-state index contributed by atoms with van der Waals surface area (Å²) >= 11 is 0. The molecule has 8 heteroatoms. The third-order valence-electron chi connectivity index (χ3n) is 0.891. The van der Waals surface area contributed by atoms with E-state index in [-0.39, 0.29) is 0 Å². The third kappa shape index (κ3) is 6.84. The largest absolute Gasteiger partial charge is 0.444 e. The molecule has 0 aromatic carbocycles. The highest BCUT2D eigenvalue weighted by Gasteiger charge is 2.26. The van der Waals surface area contributed by atoms with Crippen LogP contribution in [0.5, 0.6) is 0 Å². The molecule has 0 atom stereocenters. The van der Waals surface area contributed by atoms with Crippen LogP contribution in [0.4, 0.5) is 9.59 Å². The molecule has 8 nitrogen and oxygen atoms in total. The molecule has 0 fully saturated rings. The van der Waals surface area contributed by atoms with E-state index in [1.165, 1.54) is 0 Å². The van der Waals surface area contributed by atoms with E-state index >= 15 is 0 Å². The molecule has 0 aliphatic carbocycles. The predicted octanol–water partition coefficient (Wildman–Crippen LogP) is -2.14. The van der Waals surface area contributed by atoms with E-state index in [9.17, 15) is 9.59 Å². The molecule has 0 radical (unpaired) electrons. The van der Waals surface area contributed by atoms with Gasteiger partial charge in [-0.25, -0.2) is 9.59 Å². The molecule has 0 aliphatic heterocycles. The molecule has 13 heavy (non-hydrogen) atoms. The van der Waals surface area contributed by atoms with Crippen molar-refractivity contribution in [3.8, 4) is 0 Å². The Morgan fingerprint density at radius 2 is 1.38 bits per heavy atom. The van der Waals surface area contributed by atoms with E-state index in [4.69, 9.17) is 10.2 Å². The molecule has 0 rings (SSSR count). The number of primary amides is 2. The molecule has 0 saturated heterocycles. The van der Waals surface area contributed by atoms with Crippen molar-refractivity contribution in [2.24, 2.45) is 11.5 Å². The fourth-order valence-electron chi connectivity index (χ4n) is 0.415. The average molecular weight is 194 g/mol. The summed E-state index contributed by atoms with van der Waals surface area (Å²) < 4.78 is 8.09. The maximum atomic E-state index is 10.0. The first kappa shape index (κ1) is 11.5. The molecule has 2 amide bonds. The van der Waals surface area contributed by atoms with Crippen LogP contribution in [-0.4, -0.2) is 41.4 Å². The fourth-order valence-corrected chi connectivity index (χ4v) is 0.415. The van der Waals surface area contributed by atoms with E-state index < -0.39 is 31.2 Å². The standard InChI is InChI=1S/C5H10N2O6/c6-3(8)12-1-5(10,11)2-13-4(7)9/h10-11H,1-2H2,(H2,6,8)(H2,7,9). The van der Waals surface area contributed by atoms with Crippen molar-refractivity contribution in [2.75, 3.05) is 13.2 Å². The number of nitrogens with two attached hydrogens (primary N) is 2. The van der Waals surface area contributed by atoms with Gasteiger partial charge in [0, 0.05) is 0 Å². The summed E-state index contributed by atoms with van der Waals surface area (Å²) in [6.45, 7) is -1.62. The lowest BCUT2D eigenvalue weighted by molar-refractivity contribution is -0.207. The molecular formula is C5H10N2O6. The van der Waals surface area contributed by atoms with E-state index in [2.05, 4.69) is 20.9 Å². The summed E-state index contributed by atoms with van der Waals surface area (Å²) in [4.78, 5) is 20.1. The Morgan fingerprint density at radius 1 is 1.08 bits per heavy atom. The number of carbonyl (C=O) groups excluding carboxylic acids is 2. The Morgan fingerprint density at radius 3 is 1.62 bits per heavy atom. The third-order valence-corrected chi connectivity index (χ3v) is 0.891. The van der Waals surface area contributed by atoms with E-state index in [1.807, 2.05) is 0 Å². The molecule has 0 aliphatic rings. The van der Waals surface area contributed by atoms with Crippen LogP contribution in [0.25, 0.3) is 0 Å². The topological polar surface area (TPSA) is 145 Å². The van der Waals surface area contributed by atoms with Crippen LogP contribution in [0.15, 0.2) is 0 Å². The molecule has 0 unspecified atom stereocenters. The second-order valence-electron chi connectivity index (χ2n) is 2.20.